The van der Waals surface area contributed by atoms with Gasteiger partial charge in [0.05, 0.1) is 18.8 Å². The van der Waals surface area contributed by atoms with Crippen molar-refractivity contribution in [1.82, 2.24) is 9.80 Å². The van der Waals surface area contributed by atoms with Crippen molar-refractivity contribution in [1.29, 1.82) is 0 Å². The standard InChI is InChI=1S/C18H15F2NO2.C8H13NO3.C3H8.C2H6/c1-2-21-9-3-4-12-5-7-14(11-15(12)18(21)22)23-17-8-6-13(19)10-16(17)20;10-7-9-3-1-8(2-4-9)11-5-6-12-8;1-3-2;1-2/h3-8,10-11H,2,9H2,1H3;7H,1-6H2;3H2,1-2H3;1-2H3. The van der Waals surface area contributed by atoms with Gasteiger partial charge in [0.15, 0.2) is 17.4 Å². The number of rotatable bonds is 4. The molecular weight excluding hydrogens is 518 g/mol. The van der Waals surface area contributed by atoms with Crippen molar-refractivity contribution in [2.45, 2.75) is 59.7 Å². The third-order valence-corrected chi connectivity index (χ3v) is 6.19. The number of halogens is 2. The monoisotopic (exact) mass is 560 g/mol. The molecule has 0 unspecified atom stereocenters. The highest BCUT2D eigenvalue weighted by Gasteiger charge is 2.39. The summed E-state index contributed by atoms with van der Waals surface area (Å²) in [7, 11) is 0. The van der Waals surface area contributed by atoms with Gasteiger partial charge in [0.25, 0.3) is 5.91 Å². The number of carbonyl (C=O) groups excluding carboxylic acids is 2. The minimum atomic E-state index is -0.790. The number of likely N-dealkylation sites (tertiary alicyclic amines) is 1. The van der Waals surface area contributed by atoms with Crippen LogP contribution in [0.5, 0.6) is 11.5 Å². The Hall–Kier alpha value is -3.30. The summed E-state index contributed by atoms with van der Waals surface area (Å²) < 4.78 is 43.1. The molecule has 2 amide bonds. The SMILES string of the molecule is CC.CCC.CCN1CC=Cc2ccc(Oc3ccc(F)cc3F)cc2C1=O.O=CN1CCC2(CC1)OCCO2. The van der Waals surface area contributed by atoms with Gasteiger partial charge in [-0.25, -0.2) is 8.78 Å². The first-order valence-electron chi connectivity index (χ1n) is 14.0. The molecule has 0 radical (unpaired) electrons. The molecule has 1 spiro atoms. The Bertz CT molecular complexity index is 1110. The maximum absolute atomic E-state index is 13.7. The molecule has 0 saturated carbocycles. The predicted octanol–water partition coefficient (Wildman–Crippen LogP) is 6.67. The van der Waals surface area contributed by atoms with E-state index in [1.165, 1.54) is 12.5 Å². The van der Waals surface area contributed by atoms with Gasteiger partial charge in [-0.2, -0.15) is 0 Å². The molecule has 0 atom stereocenters. The van der Waals surface area contributed by atoms with Crippen LogP contribution in [0.4, 0.5) is 8.78 Å². The fourth-order valence-electron chi connectivity index (χ4n) is 4.20. The quantitative estimate of drug-likeness (QED) is 0.391. The Morgan fingerprint density at radius 1 is 1.00 bits per heavy atom. The molecule has 220 valence electrons. The summed E-state index contributed by atoms with van der Waals surface area (Å²) in [5.41, 5.74) is 1.29. The van der Waals surface area contributed by atoms with Crippen LogP contribution in [0.25, 0.3) is 6.08 Å². The van der Waals surface area contributed by atoms with Crippen molar-refractivity contribution in [3.8, 4) is 11.5 Å². The molecular formula is C31H42F2N2O5. The lowest BCUT2D eigenvalue weighted by atomic mass is 10.0. The van der Waals surface area contributed by atoms with E-state index in [1.807, 2.05) is 32.9 Å². The van der Waals surface area contributed by atoms with Gasteiger partial charge in [-0.05, 0) is 36.8 Å². The van der Waals surface area contributed by atoms with Crippen LogP contribution in [0.15, 0.2) is 42.5 Å². The molecule has 0 bridgehead atoms. The van der Waals surface area contributed by atoms with E-state index in [0.29, 0.717) is 37.6 Å². The van der Waals surface area contributed by atoms with E-state index in [2.05, 4.69) is 13.8 Å². The summed E-state index contributed by atoms with van der Waals surface area (Å²) in [5, 5.41) is 0. The molecule has 0 N–H and O–H groups in total. The molecule has 7 nitrogen and oxygen atoms in total. The maximum atomic E-state index is 13.7. The summed E-state index contributed by atoms with van der Waals surface area (Å²) in [5.74, 6) is -1.67. The second kappa shape index (κ2) is 16.7. The van der Waals surface area contributed by atoms with Gasteiger partial charge in [-0.3, -0.25) is 9.59 Å². The van der Waals surface area contributed by atoms with Crippen molar-refractivity contribution in [2.75, 3.05) is 39.4 Å². The van der Waals surface area contributed by atoms with Crippen LogP contribution in [0.3, 0.4) is 0 Å². The number of hydrogen-bond acceptors (Lipinski definition) is 5. The molecule has 9 heteroatoms. The summed E-state index contributed by atoms with van der Waals surface area (Å²) in [6, 6.07) is 8.08. The topological polar surface area (TPSA) is 68.3 Å². The highest BCUT2D eigenvalue weighted by Crippen LogP contribution is 2.31. The zero-order valence-corrected chi connectivity index (χ0v) is 24.3. The lowest BCUT2D eigenvalue weighted by Crippen LogP contribution is -2.44. The van der Waals surface area contributed by atoms with Gasteiger partial charge < -0.3 is 24.0 Å². The lowest BCUT2D eigenvalue weighted by molar-refractivity contribution is -0.184. The zero-order valence-electron chi connectivity index (χ0n) is 24.3. The third kappa shape index (κ3) is 9.13. The number of carbonyl (C=O) groups is 2. The summed E-state index contributed by atoms with van der Waals surface area (Å²) >= 11 is 0. The van der Waals surface area contributed by atoms with Crippen LogP contribution >= 0.6 is 0 Å². The van der Waals surface area contributed by atoms with Crippen molar-refractivity contribution < 1.29 is 32.6 Å². The van der Waals surface area contributed by atoms with Gasteiger partial charge in [0, 0.05) is 45.1 Å². The molecule has 5 rings (SSSR count). The van der Waals surface area contributed by atoms with Crippen molar-refractivity contribution in [2.24, 2.45) is 0 Å². The van der Waals surface area contributed by atoms with E-state index in [4.69, 9.17) is 14.2 Å². The Morgan fingerprint density at radius 2 is 1.65 bits per heavy atom. The van der Waals surface area contributed by atoms with Crippen LogP contribution in [-0.2, 0) is 14.3 Å². The van der Waals surface area contributed by atoms with Crippen LogP contribution in [0, 0.1) is 11.6 Å². The molecule has 0 aromatic heterocycles. The number of hydrogen-bond donors (Lipinski definition) is 0. The van der Waals surface area contributed by atoms with E-state index in [-0.39, 0.29) is 17.4 Å². The molecule has 3 aliphatic heterocycles. The highest BCUT2D eigenvalue weighted by atomic mass is 19.1. The molecule has 40 heavy (non-hydrogen) atoms. The molecule has 2 aromatic rings. The van der Waals surface area contributed by atoms with Crippen molar-refractivity contribution >= 4 is 18.4 Å². The summed E-state index contributed by atoms with van der Waals surface area (Å²) in [6.07, 6.45) is 7.57. The Balaban J connectivity index is 0.000000275. The molecule has 0 aliphatic carbocycles. The zero-order chi connectivity index (χ0) is 29.5. The number of fused-ring (bicyclic) bond motifs is 1. The Labute approximate surface area is 236 Å². The molecule has 3 heterocycles. The number of amides is 2. The van der Waals surface area contributed by atoms with E-state index in [0.717, 1.165) is 50.0 Å². The van der Waals surface area contributed by atoms with Gasteiger partial charge >= 0.3 is 0 Å². The molecule has 2 saturated heterocycles. The van der Waals surface area contributed by atoms with E-state index >= 15 is 0 Å². The van der Waals surface area contributed by atoms with Crippen molar-refractivity contribution in [3.05, 3.63) is 65.2 Å². The van der Waals surface area contributed by atoms with Crippen molar-refractivity contribution in [3.63, 3.8) is 0 Å². The normalized spacial score (nSPS) is 16.8. The van der Waals surface area contributed by atoms with Crippen LogP contribution < -0.4 is 4.74 Å². The second-order valence-corrected chi connectivity index (χ2v) is 9.13. The highest BCUT2D eigenvalue weighted by molar-refractivity contribution is 5.99. The number of likely N-dealkylation sites (N-methyl/N-ethyl adjacent to an activating group) is 1. The minimum Gasteiger partial charge on any atom is -0.454 e. The number of benzene rings is 2. The Morgan fingerprint density at radius 3 is 2.23 bits per heavy atom. The lowest BCUT2D eigenvalue weighted by Gasteiger charge is -2.35. The fourth-order valence-corrected chi connectivity index (χ4v) is 4.20. The smallest absolute Gasteiger partial charge is 0.254 e. The molecule has 3 aliphatic rings. The van der Waals surface area contributed by atoms with Gasteiger partial charge in [0.1, 0.15) is 11.6 Å². The maximum Gasteiger partial charge on any atom is 0.254 e. The largest absolute Gasteiger partial charge is 0.454 e. The van der Waals surface area contributed by atoms with Crippen LogP contribution in [0.2, 0.25) is 0 Å². The van der Waals surface area contributed by atoms with Gasteiger partial charge in [0.2, 0.25) is 6.41 Å². The second-order valence-electron chi connectivity index (χ2n) is 9.13. The first-order chi connectivity index (χ1) is 19.3. The molecule has 2 fully saturated rings. The molecule has 2 aromatic carbocycles. The average Bonchev–Trinajstić information content (AvgIpc) is 3.36. The average molecular weight is 561 g/mol. The first kappa shape index (κ1) is 32.9. The summed E-state index contributed by atoms with van der Waals surface area (Å²) in [4.78, 5) is 26.4. The van der Waals surface area contributed by atoms with Gasteiger partial charge in [-0.15, -0.1) is 0 Å². The number of nitrogens with zero attached hydrogens (tertiary/aromatic N) is 2. The minimum absolute atomic E-state index is 0.0877. The van der Waals surface area contributed by atoms with Crippen LogP contribution in [0.1, 0.15) is 69.8 Å². The van der Waals surface area contributed by atoms with Crippen LogP contribution in [-0.4, -0.2) is 67.3 Å². The fraction of sp³-hybridized carbons (Fsp3) is 0.484. The summed E-state index contributed by atoms with van der Waals surface area (Å²) in [6.45, 7) is 14.2. The van der Waals surface area contributed by atoms with E-state index in [1.54, 1.807) is 28.0 Å². The van der Waals surface area contributed by atoms with Gasteiger partial charge in [-0.1, -0.05) is 52.3 Å². The third-order valence-electron chi connectivity index (χ3n) is 6.19. The number of piperidine rings is 1. The number of ether oxygens (including phenoxy) is 3. The van der Waals surface area contributed by atoms with E-state index < -0.39 is 11.6 Å². The first-order valence-corrected chi connectivity index (χ1v) is 14.0. The van der Waals surface area contributed by atoms with E-state index in [9.17, 15) is 18.4 Å². The Kier molecular flexibility index (Phi) is 13.8. The predicted molar refractivity (Wildman–Crippen MR) is 152 cm³/mol.